The van der Waals surface area contributed by atoms with Crippen molar-refractivity contribution in [3.8, 4) is 5.75 Å². The molecule has 30 heavy (non-hydrogen) atoms. The fourth-order valence-electron chi connectivity index (χ4n) is 3.01. The Morgan fingerprint density at radius 1 is 1.13 bits per heavy atom. The highest BCUT2D eigenvalue weighted by Gasteiger charge is 2.21. The van der Waals surface area contributed by atoms with E-state index >= 15 is 0 Å². The van der Waals surface area contributed by atoms with Crippen molar-refractivity contribution < 1.29 is 19.1 Å². The predicted octanol–water partition coefficient (Wildman–Crippen LogP) is 4.16. The van der Waals surface area contributed by atoms with Gasteiger partial charge in [-0.15, -0.1) is 0 Å². The normalized spacial score (nSPS) is 16.2. The lowest BCUT2D eigenvalue weighted by Crippen LogP contribution is -2.28. The molecule has 0 radical (unpaired) electrons. The van der Waals surface area contributed by atoms with Gasteiger partial charge in [-0.05, 0) is 48.7 Å². The zero-order valence-electron chi connectivity index (χ0n) is 17.9. The van der Waals surface area contributed by atoms with Crippen molar-refractivity contribution in [2.75, 3.05) is 18.5 Å². The Morgan fingerprint density at radius 2 is 1.90 bits per heavy atom. The minimum atomic E-state index is -0.502. The van der Waals surface area contributed by atoms with E-state index in [0.717, 1.165) is 30.8 Å². The Hall–Kier alpha value is -2.86. The Morgan fingerprint density at radius 3 is 2.57 bits per heavy atom. The largest absolute Gasteiger partial charge is 0.491 e. The van der Waals surface area contributed by atoms with Gasteiger partial charge in [-0.1, -0.05) is 39.0 Å². The van der Waals surface area contributed by atoms with E-state index in [1.54, 1.807) is 24.3 Å². The molecule has 2 amide bonds. The number of anilines is 1. The highest BCUT2D eigenvalue weighted by molar-refractivity contribution is 5.98. The third-order valence-corrected chi connectivity index (χ3v) is 4.90. The third kappa shape index (κ3) is 6.32. The molecule has 1 fully saturated rings. The molecule has 2 aromatic carbocycles. The van der Waals surface area contributed by atoms with E-state index in [4.69, 9.17) is 9.47 Å². The SMILES string of the molecule is CC(C)(C)C(=O)Nc1cccc(C(=O)NCc2ccc(OCC3CCCO3)cc2)c1. The molecule has 0 saturated carbocycles. The lowest BCUT2D eigenvalue weighted by atomic mass is 9.95. The van der Waals surface area contributed by atoms with Crippen molar-refractivity contribution in [2.45, 2.75) is 46.3 Å². The van der Waals surface area contributed by atoms with Gasteiger partial charge in [0.15, 0.2) is 0 Å². The second-order valence-corrected chi connectivity index (χ2v) is 8.56. The van der Waals surface area contributed by atoms with E-state index < -0.39 is 5.41 Å². The summed E-state index contributed by atoms with van der Waals surface area (Å²) in [6.07, 6.45) is 2.33. The summed E-state index contributed by atoms with van der Waals surface area (Å²) >= 11 is 0. The first-order valence-electron chi connectivity index (χ1n) is 10.3. The summed E-state index contributed by atoms with van der Waals surface area (Å²) in [6, 6.07) is 14.6. The minimum Gasteiger partial charge on any atom is -0.491 e. The van der Waals surface area contributed by atoms with Gasteiger partial charge in [0, 0.05) is 29.8 Å². The number of carbonyl (C=O) groups is 2. The van der Waals surface area contributed by atoms with E-state index in [2.05, 4.69) is 10.6 Å². The average molecular weight is 411 g/mol. The van der Waals surface area contributed by atoms with Gasteiger partial charge in [-0.2, -0.15) is 0 Å². The fourth-order valence-corrected chi connectivity index (χ4v) is 3.01. The fraction of sp³-hybridized carbons (Fsp3) is 0.417. The van der Waals surface area contributed by atoms with Gasteiger partial charge in [0.2, 0.25) is 5.91 Å². The van der Waals surface area contributed by atoms with Crippen LogP contribution < -0.4 is 15.4 Å². The molecule has 6 heteroatoms. The van der Waals surface area contributed by atoms with Crippen molar-refractivity contribution >= 4 is 17.5 Å². The van der Waals surface area contributed by atoms with Crippen LogP contribution in [-0.2, 0) is 16.1 Å². The first-order chi connectivity index (χ1) is 14.3. The molecule has 3 rings (SSSR count). The van der Waals surface area contributed by atoms with Crippen LogP contribution in [0.25, 0.3) is 0 Å². The maximum absolute atomic E-state index is 12.5. The molecule has 1 atom stereocenters. The minimum absolute atomic E-state index is 0.0955. The van der Waals surface area contributed by atoms with E-state index in [9.17, 15) is 9.59 Å². The van der Waals surface area contributed by atoms with Crippen molar-refractivity contribution in [1.82, 2.24) is 5.32 Å². The van der Waals surface area contributed by atoms with Gasteiger partial charge < -0.3 is 20.1 Å². The first kappa shape index (κ1) is 21.8. The summed E-state index contributed by atoms with van der Waals surface area (Å²) < 4.78 is 11.3. The number of rotatable bonds is 7. The highest BCUT2D eigenvalue weighted by Crippen LogP contribution is 2.19. The Kier molecular flexibility index (Phi) is 7.11. The van der Waals surface area contributed by atoms with Gasteiger partial charge in [-0.25, -0.2) is 0 Å². The molecule has 0 bridgehead atoms. The van der Waals surface area contributed by atoms with E-state index in [1.165, 1.54) is 0 Å². The van der Waals surface area contributed by atoms with Crippen LogP contribution in [0.2, 0.25) is 0 Å². The lowest BCUT2D eigenvalue weighted by Gasteiger charge is -2.18. The number of ether oxygens (including phenoxy) is 2. The molecule has 1 heterocycles. The molecule has 160 valence electrons. The van der Waals surface area contributed by atoms with Gasteiger partial charge in [0.1, 0.15) is 12.4 Å². The van der Waals surface area contributed by atoms with Crippen molar-refractivity contribution in [2.24, 2.45) is 5.41 Å². The van der Waals surface area contributed by atoms with Gasteiger partial charge in [0.05, 0.1) is 6.10 Å². The number of amides is 2. The summed E-state index contributed by atoms with van der Waals surface area (Å²) in [6.45, 7) is 7.33. The van der Waals surface area contributed by atoms with E-state index in [1.807, 2.05) is 45.0 Å². The third-order valence-electron chi connectivity index (χ3n) is 4.90. The van der Waals surface area contributed by atoms with Crippen LogP contribution in [0.3, 0.4) is 0 Å². The molecule has 0 aliphatic carbocycles. The van der Waals surface area contributed by atoms with Crippen LogP contribution in [0.1, 0.15) is 49.5 Å². The molecule has 1 saturated heterocycles. The van der Waals surface area contributed by atoms with Gasteiger partial charge >= 0.3 is 0 Å². The molecule has 1 aliphatic heterocycles. The van der Waals surface area contributed by atoms with Crippen LogP contribution in [0.15, 0.2) is 48.5 Å². The summed E-state index contributed by atoms with van der Waals surface area (Å²) in [5.41, 5.74) is 1.58. The predicted molar refractivity (Wildman–Crippen MR) is 117 cm³/mol. The Bertz CT molecular complexity index is 866. The zero-order chi connectivity index (χ0) is 21.6. The molecule has 1 unspecified atom stereocenters. The molecule has 2 N–H and O–H groups in total. The quantitative estimate of drug-likeness (QED) is 0.719. The second-order valence-electron chi connectivity index (χ2n) is 8.56. The van der Waals surface area contributed by atoms with Gasteiger partial charge in [-0.3, -0.25) is 9.59 Å². The molecule has 0 aromatic heterocycles. The molecule has 0 spiro atoms. The number of hydrogen-bond donors (Lipinski definition) is 2. The number of benzene rings is 2. The van der Waals surface area contributed by atoms with Crippen LogP contribution in [0, 0.1) is 5.41 Å². The summed E-state index contributed by atoms with van der Waals surface area (Å²) in [4.78, 5) is 24.7. The number of carbonyl (C=O) groups excluding carboxylic acids is 2. The molecular weight excluding hydrogens is 380 g/mol. The van der Waals surface area contributed by atoms with Crippen LogP contribution in [0.5, 0.6) is 5.75 Å². The Labute approximate surface area is 178 Å². The number of hydrogen-bond acceptors (Lipinski definition) is 4. The molecule has 2 aromatic rings. The molecular formula is C24H30N2O4. The maximum atomic E-state index is 12.5. The smallest absolute Gasteiger partial charge is 0.251 e. The maximum Gasteiger partial charge on any atom is 0.251 e. The standard InChI is InChI=1S/C24H30N2O4/c1-24(2,3)23(28)26-19-7-4-6-18(14-19)22(27)25-15-17-9-11-20(12-10-17)30-16-21-8-5-13-29-21/h4,6-7,9-12,14,21H,5,8,13,15-16H2,1-3H3,(H,25,27)(H,26,28). The summed E-state index contributed by atoms with van der Waals surface area (Å²) in [7, 11) is 0. The van der Waals surface area contributed by atoms with Crippen molar-refractivity contribution in [3.05, 3.63) is 59.7 Å². The number of nitrogens with one attached hydrogen (secondary N) is 2. The summed E-state index contributed by atoms with van der Waals surface area (Å²) in [5.74, 6) is 0.505. The second kappa shape index (κ2) is 9.76. The topological polar surface area (TPSA) is 76.7 Å². The van der Waals surface area contributed by atoms with Crippen LogP contribution >= 0.6 is 0 Å². The monoisotopic (exact) mass is 410 g/mol. The van der Waals surface area contributed by atoms with Crippen LogP contribution in [-0.4, -0.2) is 31.1 Å². The van der Waals surface area contributed by atoms with Gasteiger partial charge in [0.25, 0.3) is 5.91 Å². The van der Waals surface area contributed by atoms with Crippen molar-refractivity contribution in [1.29, 1.82) is 0 Å². The first-order valence-corrected chi connectivity index (χ1v) is 10.3. The molecule has 1 aliphatic rings. The zero-order valence-corrected chi connectivity index (χ0v) is 17.9. The van der Waals surface area contributed by atoms with Crippen LogP contribution in [0.4, 0.5) is 5.69 Å². The molecule has 6 nitrogen and oxygen atoms in total. The highest BCUT2D eigenvalue weighted by atomic mass is 16.5. The van der Waals surface area contributed by atoms with Crippen molar-refractivity contribution in [3.63, 3.8) is 0 Å². The lowest BCUT2D eigenvalue weighted by molar-refractivity contribution is -0.123. The van der Waals surface area contributed by atoms with E-state index in [-0.39, 0.29) is 17.9 Å². The van der Waals surface area contributed by atoms with E-state index in [0.29, 0.717) is 24.4 Å². The summed E-state index contributed by atoms with van der Waals surface area (Å²) in [5, 5.41) is 5.76. The average Bonchev–Trinajstić information content (AvgIpc) is 3.24. The Balaban J connectivity index is 1.50.